The molecule has 2 heterocycles. The number of alkyl halides is 1. The van der Waals surface area contributed by atoms with Gasteiger partial charge in [0.2, 0.25) is 17.2 Å². The van der Waals surface area contributed by atoms with E-state index in [-0.39, 0.29) is 17.4 Å². The zero-order valence-electron chi connectivity index (χ0n) is 19.0. The highest BCUT2D eigenvalue weighted by Gasteiger charge is 2.36. The fourth-order valence-corrected chi connectivity index (χ4v) is 6.76. The third kappa shape index (κ3) is 4.52. The second-order valence-corrected chi connectivity index (χ2v) is 10.9. The minimum absolute atomic E-state index is 0.00822. The highest BCUT2D eigenvalue weighted by Crippen LogP contribution is 2.47. The van der Waals surface area contributed by atoms with Gasteiger partial charge < -0.3 is 15.3 Å². The molecule has 0 atom stereocenters. The molecule has 1 amide bonds. The van der Waals surface area contributed by atoms with Gasteiger partial charge in [0.15, 0.2) is 6.54 Å². The molecule has 1 aromatic heterocycles. The van der Waals surface area contributed by atoms with E-state index in [1.54, 1.807) is 35.3 Å². The van der Waals surface area contributed by atoms with E-state index in [9.17, 15) is 14.7 Å². The van der Waals surface area contributed by atoms with Crippen LogP contribution in [0.15, 0.2) is 81.4 Å². The maximum atomic E-state index is 13.1. The van der Waals surface area contributed by atoms with E-state index in [1.165, 1.54) is 0 Å². The molecule has 2 aromatic carbocycles. The van der Waals surface area contributed by atoms with Crippen molar-refractivity contribution in [2.24, 2.45) is 0 Å². The fraction of sp³-hybridized carbons (Fsp3) is 0.192. The van der Waals surface area contributed by atoms with Crippen LogP contribution in [-0.4, -0.2) is 34.3 Å². The molecule has 3 aromatic rings. The summed E-state index contributed by atoms with van der Waals surface area (Å²) in [7, 11) is 0. The minimum atomic E-state index is -0.162. The molecular weight excluding hydrogens is 593 g/mol. The molecule has 1 aliphatic heterocycles. The van der Waals surface area contributed by atoms with Crippen molar-refractivity contribution in [2.75, 3.05) is 22.4 Å². The molecule has 9 heteroatoms. The van der Waals surface area contributed by atoms with Gasteiger partial charge in [-0.2, -0.15) is 4.57 Å². The molecule has 2 N–H and O–H groups in total. The van der Waals surface area contributed by atoms with Crippen LogP contribution in [-0.2, 0) is 16.1 Å². The van der Waals surface area contributed by atoms with Crippen LogP contribution in [0, 0.1) is 0 Å². The van der Waals surface area contributed by atoms with Gasteiger partial charge in [0.1, 0.15) is 10.5 Å². The van der Waals surface area contributed by atoms with Crippen molar-refractivity contribution in [1.82, 2.24) is 5.32 Å². The van der Waals surface area contributed by atoms with E-state index in [1.807, 2.05) is 59.0 Å². The zero-order chi connectivity index (χ0) is 24.5. The van der Waals surface area contributed by atoms with Crippen molar-refractivity contribution in [1.29, 1.82) is 0 Å². The lowest BCUT2D eigenvalue weighted by atomic mass is 9.88. The number of aliphatic hydroxyl groups excluding tert-OH is 1. The lowest BCUT2D eigenvalue weighted by molar-refractivity contribution is -0.666. The Labute approximate surface area is 225 Å². The first-order valence-corrected chi connectivity index (χ1v) is 14.4. The van der Waals surface area contributed by atoms with Crippen LogP contribution in [0.3, 0.4) is 0 Å². The summed E-state index contributed by atoms with van der Waals surface area (Å²) in [5, 5.41) is 15.5. The molecule has 0 radical (unpaired) electrons. The van der Waals surface area contributed by atoms with Crippen LogP contribution in [0.1, 0.15) is 11.9 Å². The molecular formula is C26H23IN3O3S2+. The Morgan fingerprint density at radius 2 is 1.94 bits per heavy atom. The number of aliphatic hydroxyl groups is 1. The van der Waals surface area contributed by atoms with Crippen LogP contribution >= 0.6 is 45.7 Å². The van der Waals surface area contributed by atoms with Crippen molar-refractivity contribution in [3.05, 3.63) is 81.5 Å². The maximum absolute atomic E-state index is 13.1. The van der Waals surface area contributed by atoms with E-state index < -0.39 is 0 Å². The molecule has 0 spiro atoms. The summed E-state index contributed by atoms with van der Waals surface area (Å²) in [5.41, 5.74) is 2.81. The number of Topliss-reactive ketones (excluding diaryl/α,β-unsaturated/α-hetero) is 1. The van der Waals surface area contributed by atoms with Gasteiger partial charge in [-0.1, -0.05) is 70.0 Å². The van der Waals surface area contributed by atoms with E-state index in [4.69, 9.17) is 0 Å². The molecule has 6 nitrogen and oxygen atoms in total. The van der Waals surface area contributed by atoms with Gasteiger partial charge in [-0.15, -0.1) is 0 Å². The van der Waals surface area contributed by atoms with Gasteiger partial charge >= 0.3 is 0 Å². The van der Waals surface area contributed by atoms with Gasteiger partial charge in [-0.3, -0.25) is 9.59 Å². The van der Waals surface area contributed by atoms with Gasteiger partial charge in [0, 0.05) is 23.6 Å². The number of carbonyl (C=O) groups is 2. The number of thiazole rings is 1. The zero-order valence-corrected chi connectivity index (χ0v) is 22.7. The Morgan fingerprint density at radius 3 is 2.71 bits per heavy atom. The number of benzene rings is 2. The number of fused-ring (bicyclic) bond motifs is 2. The normalized spacial score (nSPS) is 17.4. The van der Waals surface area contributed by atoms with Gasteiger partial charge in [0.05, 0.1) is 32.8 Å². The van der Waals surface area contributed by atoms with Gasteiger partial charge in [-0.25, -0.2) is 0 Å². The van der Waals surface area contributed by atoms with E-state index in [0.29, 0.717) is 28.7 Å². The number of carbonyl (C=O) groups excluding carboxylic acids is 2. The van der Waals surface area contributed by atoms with E-state index in [0.717, 1.165) is 37.4 Å². The monoisotopic (exact) mass is 616 g/mol. The SMILES string of the molecule is CCN1/C(=C/C2=C(O)C(=C\c3sc4ccccc4[n+]3CCNC(=O)CI)/C2=O)Sc2ccccc21. The van der Waals surface area contributed by atoms with Crippen molar-refractivity contribution >= 4 is 79.4 Å². The number of nitrogens with one attached hydrogen (secondary N) is 1. The average molecular weight is 617 g/mol. The number of hydrogen-bond donors (Lipinski definition) is 2. The number of nitrogens with zero attached hydrogens (tertiary/aromatic N) is 2. The first-order valence-electron chi connectivity index (χ1n) is 11.2. The second-order valence-electron chi connectivity index (χ2n) is 7.99. The van der Waals surface area contributed by atoms with Crippen LogP contribution in [0.4, 0.5) is 5.69 Å². The largest absolute Gasteiger partial charge is 0.506 e. The van der Waals surface area contributed by atoms with Crippen LogP contribution < -0.4 is 14.8 Å². The molecule has 0 saturated heterocycles. The fourth-order valence-electron chi connectivity index (χ4n) is 4.19. The molecule has 5 rings (SSSR count). The predicted molar refractivity (Wildman–Crippen MR) is 150 cm³/mol. The smallest absolute Gasteiger partial charge is 0.263 e. The summed E-state index contributed by atoms with van der Waals surface area (Å²) in [6.07, 6.45) is 3.56. The summed E-state index contributed by atoms with van der Waals surface area (Å²) in [4.78, 5) is 28.0. The van der Waals surface area contributed by atoms with Gasteiger partial charge in [0.25, 0.3) is 5.01 Å². The van der Waals surface area contributed by atoms with Crippen molar-refractivity contribution < 1.29 is 19.3 Å². The summed E-state index contributed by atoms with van der Waals surface area (Å²) in [6.45, 7) is 3.90. The number of amides is 1. The number of halogens is 1. The number of anilines is 1. The standard InChI is InChI=1S/C26H22IN3O3S2/c1-2-29-18-7-3-5-9-20(18)34-23(29)13-16-25(32)17(26(16)33)14-24-30(12-11-28-22(31)15-27)19-8-4-6-10-21(19)35-24/h3-10,13-14H,2,11-12,15H2,1H3,(H-,28,31,32,33)/p+1. The third-order valence-corrected chi connectivity index (χ3v) is 8.82. The number of para-hydroxylation sites is 2. The van der Waals surface area contributed by atoms with Crippen LogP contribution in [0.5, 0.6) is 0 Å². The van der Waals surface area contributed by atoms with E-state index in [2.05, 4.69) is 33.8 Å². The van der Waals surface area contributed by atoms with Crippen molar-refractivity contribution in [3.8, 4) is 0 Å². The first kappa shape index (κ1) is 24.1. The number of ketones is 1. The molecule has 0 saturated carbocycles. The quantitative estimate of drug-likeness (QED) is 0.170. The first-order chi connectivity index (χ1) is 17.0. The molecule has 2 aliphatic rings. The van der Waals surface area contributed by atoms with Crippen LogP contribution in [0.25, 0.3) is 16.3 Å². The second kappa shape index (κ2) is 10.2. The summed E-state index contributed by atoms with van der Waals surface area (Å²) in [6, 6.07) is 16.1. The van der Waals surface area contributed by atoms with Crippen molar-refractivity contribution in [2.45, 2.75) is 18.4 Å². The molecule has 35 heavy (non-hydrogen) atoms. The van der Waals surface area contributed by atoms with E-state index >= 15 is 0 Å². The Hall–Kier alpha value is -2.63. The van der Waals surface area contributed by atoms with Gasteiger partial charge in [-0.05, 0) is 31.2 Å². The highest BCUT2D eigenvalue weighted by molar-refractivity contribution is 14.1. The Bertz CT molecular complexity index is 1440. The number of aromatic nitrogens is 1. The number of allylic oxidation sites excluding steroid dienone is 3. The highest BCUT2D eigenvalue weighted by atomic mass is 127. The number of rotatable bonds is 7. The molecule has 1 aliphatic carbocycles. The lowest BCUT2D eigenvalue weighted by Crippen LogP contribution is -2.42. The average Bonchev–Trinajstić information content (AvgIpc) is 3.42. The molecule has 178 valence electrons. The molecule has 0 bridgehead atoms. The maximum Gasteiger partial charge on any atom is 0.263 e. The number of hydrogen-bond acceptors (Lipinski definition) is 6. The minimum Gasteiger partial charge on any atom is -0.506 e. The Morgan fingerprint density at radius 1 is 1.17 bits per heavy atom. The Kier molecular flexibility index (Phi) is 6.99. The predicted octanol–water partition coefficient (Wildman–Crippen LogP) is 4.99. The topological polar surface area (TPSA) is 73.5 Å². The molecule has 0 unspecified atom stereocenters. The summed E-state index contributed by atoms with van der Waals surface area (Å²) < 4.78 is 3.57. The summed E-state index contributed by atoms with van der Waals surface area (Å²) in [5.74, 6) is -0.145. The number of thioether (sulfide) groups is 1. The molecule has 0 fully saturated rings. The third-order valence-electron chi connectivity index (χ3n) is 5.90. The Balaban J connectivity index is 1.45. The van der Waals surface area contributed by atoms with Crippen LogP contribution in [0.2, 0.25) is 0 Å². The van der Waals surface area contributed by atoms with Crippen molar-refractivity contribution in [3.63, 3.8) is 0 Å². The summed E-state index contributed by atoms with van der Waals surface area (Å²) >= 11 is 5.20. The lowest BCUT2D eigenvalue weighted by Gasteiger charge is -2.22.